The topological polar surface area (TPSA) is 78.4 Å². The summed E-state index contributed by atoms with van der Waals surface area (Å²) in [5.74, 6) is 1.00. The molecule has 2 amide bonds. The van der Waals surface area contributed by atoms with Crippen molar-refractivity contribution in [2.24, 2.45) is 0 Å². The zero-order valence-electron chi connectivity index (χ0n) is 11.0. The molecule has 0 bridgehead atoms. The van der Waals surface area contributed by atoms with Gasteiger partial charge in [-0.1, -0.05) is 30.3 Å². The lowest BCUT2D eigenvalue weighted by Crippen LogP contribution is -2.46. The zero-order valence-corrected chi connectivity index (χ0v) is 11.9. The molecule has 0 aliphatic carbocycles. The van der Waals surface area contributed by atoms with Crippen LogP contribution in [0.25, 0.3) is 0 Å². The number of carbonyl (C=O) groups excluding carboxylic acids is 1. The van der Waals surface area contributed by atoms with Gasteiger partial charge in [0.25, 0.3) is 0 Å². The summed E-state index contributed by atoms with van der Waals surface area (Å²) in [6.07, 6.45) is 1.86. The van der Waals surface area contributed by atoms with Gasteiger partial charge in [0.15, 0.2) is 6.04 Å². The number of nitrogens with one attached hydrogen (secondary N) is 2. The van der Waals surface area contributed by atoms with Crippen LogP contribution in [0.1, 0.15) is 24.4 Å². The van der Waals surface area contributed by atoms with Crippen LogP contribution in [0.2, 0.25) is 0 Å². The lowest BCUT2D eigenvalue weighted by Gasteiger charge is -2.24. The van der Waals surface area contributed by atoms with Crippen LogP contribution in [0.5, 0.6) is 0 Å². The van der Waals surface area contributed by atoms with Gasteiger partial charge >= 0.3 is 12.0 Å². The first-order chi connectivity index (χ1) is 9.66. The smallest absolute Gasteiger partial charge is 0.330 e. The second-order valence-corrected chi connectivity index (χ2v) is 5.91. The Hall–Kier alpha value is -1.69. The van der Waals surface area contributed by atoms with E-state index in [0.717, 1.165) is 24.3 Å². The number of carbonyl (C=O) groups is 2. The van der Waals surface area contributed by atoms with Gasteiger partial charge in [-0.25, -0.2) is 9.59 Å². The number of carboxylic acid groups (broad SMARTS) is 1. The molecule has 0 radical (unpaired) electrons. The standard InChI is InChI=1S/C14H18N2O3S/c17-13(18)12(10-4-2-1-3-5-10)16-14(19)15-11-6-8-20-9-7-11/h1-5,11-12H,6-9H2,(H,17,18)(H2,15,16,19)/t12-/m0/s1. The molecule has 0 spiro atoms. The Morgan fingerprint density at radius 3 is 2.45 bits per heavy atom. The quantitative estimate of drug-likeness (QED) is 0.793. The SMILES string of the molecule is O=C(NC1CCSCC1)N[C@H](C(=O)O)c1ccccc1. The van der Waals surface area contributed by atoms with Crippen LogP contribution in [0.15, 0.2) is 30.3 Å². The number of amides is 2. The van der Waals surface area contributed by atoms with Crippen molar-refractivity contribution >= 4 is 23.8 Å². The second kappa shape index (κ2) is 7.19. The predicted molar refractivity (Wildman–Crippen MR) is 78.8 cm³/mol. The molecule has 1 aromatic rings. The summed E-state index contributed by atoms with van der Waals surface area (Å²) < 4.78 is 0. The van der Waals surface area contributed by atoms with Crippen molar-refractivity contribution in [1.29, 1.82) is 0 Å². The number of hydrogen-bond donors (Lipinski definition) is 3. The number of hydrogen-bond acceptors (Lipinski definition) is 3. The third-order valence-corrected chi connectivity index (χ3v) is 4.26. The van der Waals surface area contributed by atoms with E-state index >= 15 is 0 Å². The zero-order chi connectivity index (χ0) is 14.4. The van der Waals surface area contributed by atoms with Crippen LogP contribution < -0.4 is 10.6 Å². The van der Waals surface area contributed by atoms with Gasteiger partial charge in [0.2, 0.25) is 0 Å². The number of carboxylic acids is 1. The Kier molecular flexibility index (Phi) is 5.29. The van der Waals surface area contributed by atoms with Crippen LogP contribution in [-0.4, -0.2) is 34.7 Å². The highest BCUT2D eigenvalue weighted by Gasteiger charge is 2.23. The molecule has 1 aliphatic heterocycles. The maximum absolute atomic E-state index is 11.9. The Labute approximate surface area is 122 Å². The van der Waals surface area contributed by atoms with Crippen molar-refractivity contribution in [3.63, 3.8) is 0 Å². The Morgan fingerprint density at radius 2 is 1.85 bits per heavy atom. The number of thioether (sulfide) groups is 1. The molecule has 1 atom stereocenters. The first-order valence-electron chi connectivity index (χ1n) is 6.59. The Bertz CT molecular complexity index is 461. The van der Waals surface area contributed by atoms with Crippen LogP contribution in [0.4, 0.5) is 4.79 Å². The predicted octanol–water partition coefficient (Wildman–Crippen LogP) is 2.01. The summed E-state index contributed by atoms with van der Waals surface area (Å²) in [5, 5.41) is 14.6. The molecule has 5 nitrogen and oxygen atoms in total. The van der Waals surface area contributed by atoms with Gasteiger partial charge in [-0.2, -0.15) is 11.8 Å². The Balaban J connectivity index is 1.94. The number of benzene rings is 1. The van der Waals surface area contributed by atoms with Gasteiger partial charge in [0.05, 0.1) is 0 Å². The van der Waals surface area contributed by atoms with Gasteiger partial charge in [-0.3, -0.25) is 0 Å². The summed E-state index contributed by atoms with van der Waals surface area (Å²) in [5.41, 5.74) is 0.564. The number of urea groups is 1. The lowest BCUT2D eigenvalue weighted by atomic mass is 10.1. The largest absolute Gasteiger partial charge is 0.479 e. The van der Waals surface area contributed by atoms with Gasteiger partial charge < -0.3 is 15.7 Å². The van der Waals surface area contributed by atoms with E-state index in [2.05, 4.69) is 10.6 Å². The molecule has 3 N–H and O–H groups in total. The summed E-state index contributed by atoms with van der Waals surface area (Å²) in [4.78, 5) is 23.2. The van der Waals surface area contributed by atoms with E-state index in [-0.39, 0.29) is 6.04 Å². The van der Waals surface area contributed by atoms with Crippen molar-refractivity contribution in [2.45, 2.75) is 24.9 Å². The lowest BCUT2D eigenvalue weighted by molar-refractivity contribution is -0.139. The first kappa shape index (κ1) is 14.7. The second-order valence-electron chi connectivity index (χ2n) is 4.69. The third kappa shape index (κ3) is 4.16. The molecule has 1 aromatic carbocycles. The summed E-state index contributed by atoms with van der Waals surface area (Å²) in [6.45, 7) is 0. The third-order valence-electron chi connectivity index (χ3n) is 3.21. The van der Waals surface area contributed by atoms with Crippen molar-refractivity contribution in [3.05, 3.63) is 35.9 Å². The minimum absolute atomic E-state index is 0.140. The van der Waals surface area contributed by atoms with Gasteiger partial charge in [-0.15, -0.1) is 0 Å². The van der Waals surface area contributed by atoms with Crippen LogP contribution in [0, 0.1) is 0 Å². The van der Waals surface area contributed by atoms with Crippen LogP contribution >= 0.6 is 11.8 Å². The van der Waals surface area contributed by atoms with E-state index in [1.54, 1.807) is 24.3 Å². The summed E-state index contributed by atoms with van der Waals surface area (Å²) >= 11 is 1.88. The Morgan fingerprint density at radius 1 is 1.20 bits per heavy atom. The van der Waals surface area contributed by atoms with E-state index in [9.17, 15) is 14.7 Å². The highest BCUT2D eigenvalue weighted by atomic mass is 32.2. The molecule has 1 heterocycles. The molecule has 1 saturated heterocycles. The van der Waals surface area contributed by atoms with E-state index in [1.807, 2.05) is 17.8 Å². The van der Waals surface area contributed by atoms with E-state index in [1.165, 1.54) is 0 Å². The van der Waals surface area contributed by atoms with Crippen LogP contribution in [-0.2, 0) is 4.79 Å². The highest BCUT2D eigenvalue weighted by Crippen LogP contribution is 2.17. The average molecular weight is 294 g/mol. The van der Waals surface area contributed by atoms with Gasteiger partial charge in [0.1, 0.15) is 0 Å². The van der Waals surface area contributed by atoms with Gasteiger partial charge in [0, 0.05) is 6.04 Å². The molecule has 1 fully saturated rings. The van der Waals surface area contributed by atoms with E-state index in [4.69, 9.17) is 0 Å². The van der Waals surface area contributed by atoms with E-state index in [0.29, 0.717) is 5.56 Å². The fourth-order valence-electron chi connectivity index (χ4n) is 2.13. The van der Waals surface area contributed by atoms with Crippen molar-refractivity contribution in [2.75, 3.05) is 11.5 Å². The molecule has 0 unspecified atom stereocenters. The fourth-order valence-corrected chi connectivity index (χ4v) is 3.24. The average Bonchev–Trinajstić information content (AvgIpc) is 2.46. The molecule has 108 valence electrons. The van der Waals surface area contributed by atoms with E-state index < -0.39 is 18.0 Å². The molecule has 2 rings (SSSR count). The normalized spacial score (nSPS) is 17.2. The number of aliphatic carboxylic acids is 1. The van der Waals surface area contributed by atoms with Crippen molar-refractivity contribution in [1.82, 2.24) is 10.6 Å². The van der Waals surface area contributed by atoms with Crippen molar-refractivity contribution in [3.8, 4) is 0 Å². The minimum atomic E-state index is -1.06. The highest BCUT2D eigenvalue weighted by molar-refractivity contribution is 7.99. The van der Waals surface area contributed by atoms with Gasteiger partial charge in [-0.05, 0) is 29.9 Å². The molecular formula is C14H18N2O3S. The van der Waals surface area contributed by atoms with Crippen LogP contribution in [0.3, 0.4) is 0 Å². The molecule has 6 heteroatoms. The monoisotopic (exact) mass is 294 g/mol. The molecule has 0 aromatic heterocycles. The molecular weight excluding hydrogens is 276 g/mol. The van der Waals surface area contributed by atoms with Crippen molar-refractivity contribution < 1.29 is 14.7 Å². The summed E-state index contributed by atoms with van der Waals surface area (Å²) in [7, 11) is 0. The maximum atomic E-state index is 11.9. The maximum Gasteiger partial charge on any atom is 0.330 e. The molecule has 1 aliphatic rings. The molecule has 0 saturated carbocycles. The fraction of sp³-hybridized carbons (Fsp3) is 0.429. The summed E-state index contributed by atoms with van der Waals surface area (Å²) in [6, 6.07) is 7.40. The number of rotatable bonds is 4. The first-order valence-corrected chi connectivity index (χ1v) is 7.75. The minimum Gasteiger partial charge on any atom is -0.479 e. The molecule has 20 heavy (non-hydrogen) atoms.